The van der Waals surface area contributed by atoms with E-state index >= 15 is 0 Å². The average Bonchev–Trinajstić information content (AvgIpc) is 2.93. The molecule has 0 bridgehead atoms. The van der Waals surface area contributed by atoms with Crippen molar-refractivity contribution in [3.05, 3.63) is 59.2 Å². The molecule has 2 atom stereocenters. The quantitative estimate of drug-likeness (QED) is 0.511. The molecular formula is C20H20F4N2O5S. The molecule has 1 heterocycles. The van der Waals surface area contributed by atoms with E-state index in [-0.39, 0.29) is 18.7 Å². The zero-order valence-electron chi connectivity index (χ0n) is 16.8. The predicted octanol–water partition coefficient (Wildman–Crippen LogP) is 2.66. The van der Waals surface area contributed by atoms with Crippen molar-refractivity contribution in [3.8, 4) is 0 Å². The third-order valence-corrected chi connectivity index (χ3v) is 6.88. The normalized spacial score (nSPS) is 20.1. The van der Waals surface area contributed by atoms with Crippen molar-refractivity contribution in [2.24, 2.45) is 0 Å². The summed E-state index contributed by atoms with van der Waals surface area (Å²) in [7, 11) is -3.08. The number of β-amino-alcohol motifs (C(OH)–C–C–N with tert-alkyl or cyclic N) is 1. The number of aliphatic hydroxyl groups is 1. The maximum atomic E-state index is 14.5. The van der Waals surface area contributed by atoms with Crippen molar-refractivity contribution in [1.29, 1.82) is 0 Å². The standard InChI is InChI=1S/C20H20F4N2O5S/c1-31-14-4-3-13(27)9-26(10-14)32(29,30)18-6-11(2-5-15(18)21)20(28)25-12-7-16(22)19(24)17(23)8-12/h2,5-8,13-14,27H,3-4,9-10H2,1H3,(H,25,28). The number of carbonyl (C=O) groups is 1. The van der Waals surface area contributed by atoms with Crippen molar-refractivity contribution in [2.75, 3.05) is 25.5 Å². The van der Waals surface area contributed by atoms with E-state index in [2.05, 4.69) is 5.32 Å². The Morgan fingerprint density at radius 1 is 1.06 bits per heavy atom. The van der Waals surface area contributed by atoms with Crippen LogP contribution in [-0.2, 0) is 14.8 Å². The molecule has 2 N–H and O–H groups in total. The van der Waals surface area contributed by atoms with Gasteiger partial charge in [-0.3, -0.25) is 4.79 Å². The maximum absolute atomic E-state index is 14.5. The summed E-state index contributed by atoms with van der Waals surface area (Å²) in [5.41, 5.74) is -0.743. The summed E-state index contributed by atoms with van der Waals surface area (Å²) in [6.45, 7) is -0.411. The first-order valence-corrected chi connectivity index (χ1v) is 10.9. The Labute approximate surface area is 181 Å². The molecule has 1 aliphatic rings. The number of methoxy groups -OCH3 is 1. The van der Waals surface area contributed by atoms with Crippen LogP contribution in [-0.4, -0.2) is 56.1 Å². The van der Waals surface area contributed by atoms with Crippen molar-refractivity contribution in [3.63, 3.8) is 0 Å². The van der Waals surface area contributed by atoms with Gasteiger partial charge in [-0.1, -0.05) is 0 Å². The Balaban J connectivity index is 1.91. The molecule has 2 aromatic carbocycles. The number of halogens is 4. The minimum Gasteiger partial charge on any atom is -0.392 e. The van der Waals surface area contributed by atoms with Gasteiger partial charge in [0.15, 0.2) is 17.5 Å². The molecule has 0 saturated carbocycles. The molecule has 2 aromatic rings. The van der Waals surface area contributed by atoms with E-state index in [1.54, 1.807) is 0 Å². The van der Waals surface area contributed by atoms with Crippen LogP contribution in [0.3, 0.4) is 0 Å². The number of hydrogen-bond donors (Lipinski definition) is 2. The number of sulfonamides is 1. The Morgan fingerprint density at radius 2 is 1.72 bits per heavy atom. The Hall–Kier alpha value is -2.54. The van der Waals surface area contributed by atoms with Gasteiger partial charge in [0.25, 0.3) is 5.91 Å². The minimum absolute atomic E-state index is 0.125. The average molecular weight is 476 g/mol. The summed E-state index contributed by atoms with van der Waals surface area (Å²) in [5.74, 6) is -6.91. The van der Waals surface area contributed by atoms with E-state index < -0.39 is 62.0 Å². The van der Waals surface area contributed by atoms with E-state index in [4.69, 9.17) is 4.74 Å². The van der Waals surface area contributed by atoms with Crippen molar-refractivity contribution < 1.29 is 40.6 Å². The number of hydrogen-bond acceptors (Lipinski definition) is 5. The van der Waals surface area contributed by atoms with Gasteiger partial charge in [0.2, 0.25) is 10.0 Å². The highest BCUT2D eigenvalue weighted by atomic mass is 32.2. The molecule has 2 unspecified atom stereocenters. The second-order valence-electron chi connectivity index (χ2n) is 7.26. The van der Waals surface area contributed by atoms with Gasteiger partial charge in [0.1, 0.15) is 10.7 Å². The topological polar surface area (TPSA) is 95.9 Å². The third kappa shape index (κ3) is 5.09. The van der Waals surface area contributed by atoms with Crippen LogP contribution in [0.5, 0.6) is 0 Å². The lowest BCUT2D eigenvalue weighted by atomic mass is 10.1. The Bertz CT molecular complexity index is 1110. The zero-order valence-corrected chi connectivity index (χ0v) is 17.6. The van der Waals surface area contributed by atoms with Crippen LogP contribution < -0.4 is 5.32 Å². The number of ether oxygens (including phenoxy) is 1. The van der Waals surface area contributed by atoms with E-state index in [9.17, 15) is 35.9 Å². The van der Waals surface area contributed by atoms with Crippen LogP contribution in [0.1, 0.15) is 23.2 Å². The first-order chi connectivity index (χ1) is 15.0. The van der Waals surface area contributed by atoms with Crippen LogP contribution in [0.4, 0.5) is 23.2 Å². The van der Waals surface area contributed by atoms with E-state index in [0.717, 1.165) is 22.5 Å². The van der Waals surface area contributed by atoms with Gasteiger partial charge < -0.3 is 15.2 Å². The number of nitrogens with zero attached hydrogens (tertiary/aromatic N) is 1. The van der Waals surface area contributed by atoms with E-state index in [1.165, 1.54) is 7.11 Å². The van der Waals surface area contributed by atoms with Gasteiger partial charge in [-0.2, -0.15) is 4.31 Å². The molecule has 7 nitrogen and oxygen atoms in total. The second kappa shape index (κ2) is 9.53. The summed E-state index contributed by atoms with van der Waals surface area (Å²) in [4.78, 5) is 11.6. The molecular weight excluding hydrogens is 456 g/mol. The summed E-state index contributed by atoms with van der Waals surface area (Å²) in [5, 5.41) is 12.1. The molecule has 0 aromatic heterocycles. The number of aliphatic hydroxyl groups excluding tert-OH is 1. The number of nitrogens with one attached hydrogen (secondary N) is 1. The minimum atomic E-state index is -4.47. The lowest BCUT2D eigenvalue weighted by molar-refractivity contribution is 0.0849. The fourth-order valence-electron chi connectivity index (χ4n) is 3.30. The largest absolute Gasteiger partial charge is 0.392 e. The first kappa shape index (κ1) is 24.1. The van der Waals surface area contributed by atoms with Crippen LogP contribution in [0, 0.1) is 23.3 Å². The van der Waals surface area contributed by atoms with E-state index in [1.807, 2.05) is 0 Å². The van der Waals surface area contributed by atoms with Crippen molar-refractivity contribution >= 4 is 21.6 Å². The van der Waals surface area contributed by atoms with E-state index in [0.29, 0.717) is 25.0 Å². The molecule has 174 valence electrons. The molecule has 3 rings (SSSR count). The highest BCUT2D eigenvalue weighted by Crippen LogP contribution is 2.25. The van der Waals surface area contributed by atoms with Gasteiger partial charge in [-0.25, -0.2) is 26.0 Å². The summed E-state index contributed by atoms with van der Waals surface area (Å²) < 4.78 is 86.5. The van der Waals surface area contributed by atoms with Crippen LogP contribution in [0.2, 0.25) is 0 Å². The number of anilines is 1. The molecule has 12 heteroatoms. The summed E-state index contributed by atoms with van der Waals surface area (Å²) in [6.07, 6.45) is -0.804. The van der Waals surface area contributed by atoms with Gasteiger partial charge in [0, 0.05) is 43.6 Å². The van der Waals surface area contributed by atoms with Gasteiger partial charge >= 0.3 is 0 Å². The lowest BCUT2D eigenvalue weighted by Crippen LogP contribution is -2.40. The van der Waals surface area contributed by atoms with Gasteiger partial charge in [0.05, 0.1) is 12.2 Å². The molecule has 0 radical (unpaired) electrons. The second-order valence-corrected chi connectivity index (χ2v) is 9.17. The molecule has 0 spiro atoms. The molecule has 1 amide bonds. The van der Waals surface area contributed by atoms with Crippen LogP contribution in [0.25, 0.3) is 0 Å². The predicted molar refractivity (Wildman–Crippen MR) is 105 cm³/mol. The fourth-order valence-corrected chi connectivity index (χ4v) is 4.90. The number of carbonyl (C=O) groups excluding carboxylic acids is 1. The van der Waals surface area contributed by atoms with Crippen molar-refractivity contribution in [1.82, 2.24) is 4.31 Å². The Morgan fingerprint density at radius 3 is 2.34 bits per heavy atom. The molecule has 1 saturated heterocycles. The monoisotopic (exact) mass is 476 g/mol. The first-order valence-electron chi connectivity index (χ1n) is 9.49. The summed E-state index contributed by atoms with van der Waals surface area (Å²) >= 11 is 0. The smallest absolute Gasteiger partial charge is 0.255 e. The van der Waals surface area contributed by atoms with Crippen LogP contribution >= 0.6 is 0 Å². The number of amides is 1. The maximum Gasteiger partial charge on any atom is 0.255 e. The number of benzene rings is 2. The molecule has 1 fully saturated rings. The molecule has 1 aliphatic heterocycles. The zero-order chi connectivity index (χ0) is 23.6. The lowest BCUT2D eigenvalue weighted by Gasteiger charge is -2.24. The van der Waals surface area contributed by atoms with Gasteiger partial charge in [-0.05, 0) is 31.0 Å². The highest BCUT2D eigenvalue weighted by molar-refractivity contribution is 7.89. The SMILES string of the molecule is COC1CCC(O)CN(S(=O)(=O)c2cc(C(=O)Nc3cc(F)c(F)c(F)c3)ccc2F)C1. The Kier molecular flexibility index (Phi) is 7.18. The third-order valence-electron chi connectivity index (χ3n) is 5.03. The van der Waals surface area contributed by atoms with Crippen molar-refractivity contribution in [2.45, 2.75) is 29.9 Å². The van der Waals surface area contributed by atoms with Crippen LogP contribution in [0.15, 0.2) is 35.2 Å². The number of rotatable bonds is 5. The molecule has 0 aliphatic carbocycles. The highest BCUT2D eigenvalue weighted by Gasteiger charge is 2.34. The van der Waals surface area contributed by atoms with Gasteiger partial charge in [-0.15, -0.1) is 0 Å². The summed E-state index contributed by atoms with van der Waals surface area (Å²) in [6, 6.07) is 3.60. The molecule has 32 heavy (non-hydrogen) atoms. The fraction of sp³-hybridized carbons (Fsp3) is 0.350.